The SMILES string of the molecule is CCC(CN)CN1C=CC2=CC(N(C(=N)c3cc(C(C)C)c(O)cc3O)C(N)=O)=CCC21. The quantitative estimate of drug-likeness (QED) is 0.327. The van der Waals surface area contributed by atoms with Crippen LogP contribution in [0.3, 0.4) is 0 Å². The largest absolute Gasteiger partial charge is 0.508 e. The molecule has 0 bridgehead atoms. The third-order valence-corrected chi connectivity index (χ3v) is 6.21. The van der Waals surface area contributed by atoms with Crippen LogP contribution in [0.4, 0.5) is 4.79 Å². The van der Waals surface area contributed by atoms with Gasteiger partial charge in [0.15, 0.2) is 0 Å². The van der Waals surface area contributed by atoms with Gasteiger partial charge < -0.3 is 26.6 Å². The van der Waals surface area contributed by atoms with E-state index in [1.165, 1.54) is 12.1 Å². The van der Waals surface area contributed by atoms with Gasteiger partial charge in [-0.25, -0.2) is 9.69 Å². The lowest BCUT2D eigenvalue weighted by molar-refractivity contribution is 0.236. The summed E-state index contributed by atoms with van der Waals surface area (Å²) < 4.78 is 0. The number of phenols is 2. The van der Waals surface area contributed by atoms with Crippen molar-refractivity contribution >= 4 is 11.9 Å². The van der Waals surface area contributed by atoms with Crippen molar-refractivity contribution in [2.24, 2.45) is 17.4 Å². The molecule has 8 heteroatoms. The van der Waals surface area contributed by atoms with E-state index in [-0.39, 0.29) is 34.9 Å². The number of primary amides is 1. The Balaban J connectivity index is 1.88. The van der Waals surface area contributed by atoms with E-state index in [4.69, 9.17) is 16.9 Å². The van der Waals surface area contributed by atoms with E-state index in [1.807, 2.05) is 38.3 Å². The molecule has 1 aromatic carbocycles. The van der Waals surface area contributed by atoms with Crippen LogP contribution in [0.25, 0.3) is 0 Å². The van der Waals surface area contributed by atoms with Crippen LogP contribution in [0, 0.1) is 11.3 Å². The van der Waals surface area contributed by atoms with Gasteiger partial charge in [-0.3, -0.25) is 5.41 Å². The zero-order valence-corrected chi connectivity index (χ0v) is 18.9. The summed E-state index contributed by atoms with van der Waals surface area (Å²) in [5, 5.41) is 29.1. The molecule has 2 unspecified atom stereocenters. The molecule has 1 aliphatic carbocycles. The summed E-state index contributed by atoms with van der Waals surface area (Å²) in [5.74, 6) is -0.209. The van der Waals surface area contributed by atoms with E-state index >= 15 is 0 Å². The minimum absolute atomic E-state index is 0.0315. The number of amides is 2. The van der Waals surface area contributed by atoms with E-state index in [2.05, 4.69) is 11.8 Å². The summed E-state index contributed by atoms with van der Waals surface area (Å²) in [6.45, 7) is 7.42. The Bertz CT molecular complexity index is 992. The van der Waals surface area contributed by atoms with Gasteiger partial charge in [0.25, 0.3) is 0 Å². The number of aromatic hydroxyl groups is 2. The number of fused-ring (bicyclic) bond motifs is 1. The van der Waals surface area contributed by atoms with Gasteiger partial charge in [0.05, 0.1) is 11.6 Å². The molecule has 0 radical (unpaired) electrons. The second-order valence-corrected chi connectivity index (χ2v) is 8.65. The van der Waals surface area contributed by atoms with Gasteiger partial charge in [-0.05, 0) is 60.4 Å². The van der Waals surface area contributed by atoms with Gasteiger partial charge in [-0.2, -0.15) is 0 Å². The second-order valence-electron chi connectivity index (χ2n) is 8.65. The monoisotopic (exact) mass is 439 g/mol. The van der Waals surface area contributed by atoms with Crippen molar-refractivity contribution in [3.63, 3.8) is 0 Å². The summed E-state index contributed by atoms with van der Waals surface area (Å²) in [6.07, 6.45) is 9.47. The number of rotatable bonds is 7. The van der Waals surface area contributed by atoms with Crippen molar-refractivity contribution in [2.75, 3.05) is 13.1 Å². The van der Waals surface area contributed by atoms with Crippen molar-refractivity contribution in [1.29, 1.82) is 5.41 Å². The van der Waals surface area contributed by atoms with E-state index in [0.717, 1.165) is 23.4 Å². The Morgan fingerprint density at radius 3 is 2.62 bits per heavy atom. The van der Waals surface area contributed by atoms with Crippen LogP contribution in [0.1, 0.15) is 50.7 Å². The predicted molar refractivity (Wildman–Crippen MR) is 125 cm³/mol. The molecule has 2 amide bonds. The van der Waals surface area contributed by atoms with Gasteiger partial charge in [-0.1, -0.05) is 33.3 Å². The molecule has 172 valence electrons. The molecule has 1 heterocycles. The summed E-state index contributed by atoms with van der Waals surface area (Å²) in [7, 11) is 0. The van der Waals surface area contributed by atoms with E-state index in [9.17, 15) is 15.0 Å². The minimum Gasteiger partial charge on any atom is -0.508 e. The maximum Gasteiger partial charge on any atom is 0.325 e. The van der Waals surface area contributed by atoms with Crippen LogP contribution in [0.15, 0.2) is 47.8 Å². The highest BCUT2D eigenvalue weighted by atomic mass is 16.3. The van der Waals surface area contributed by atoms with E-state index in [1.54, 1.807) is 0 Å². The molecule has 0 saturated carbocycles. The number of benzene rings is 1. The number of carbonyl (C=O) groups is 1. The number of hydrogen-bond acceptors (Lipinski definition) is 6. The lowest BCUT2D eigenvalue weighted by Gasteiger charge is -2.32. The maximum atomic E-state index is 12.4. The Kier molecular flexibility index (Phi) is 6.93. The van der Waals surface area contributed by atoms with Crippen LogP contribution in [-0.2, 0) is 0 Å². The number of nitrogens with zero attached hydrogens (tertiary/aromatic N) is 2. The van der Waals surface area contributed by atoms with Crippen molar-refractivity contribution in [2.45, 2.75) is 45.6 Å². The molecular formula is C24H33N5O3. The molecule has 2 aliphatic rings. The van der Waals surface area contributed by atoms with E-state index in [0.29, 0.717) is 30.1 Å². The molecule has 8 nitrogen and oxygen atoms in total. The summed E-state index contributed by atoms with van der Waals surface area (Å²) in [6, 6.07) is 2.07. The molecule has 2 atom stereocenters. The number of hydrogen-bond donors (Lipinski definition) is 5. The summed E-state index contributed by atoms with van der Waals surface area (Å²) in [5.41, 5.74) is 13.7. The summed E-state index contributed by atoms with van der Waals surface area (Å²) >= 11 is 0. The standard InChI is InChI=1S/C24H33N5O3/c1-4-15(12-25)13-28-8-7-16-9-17(5-6-20(16)28)29(24(27)32)23(26)19-10-18(14(2)3)21(30)11-22(19)31/h5,7-11,14-15,20,26,30-31H,4,6,12-13,25H2,1-3H3,(H2,27,32). The lowest BCUT2D eigenvalue weighted by atomic mass is 9.95. The van der Waals surface area contributed by atoms with Gasteiger partial charge in [0.1, 0.15) is 17.3 Å². The molecule has 0 aromatic heterocycles. The number of phenolic OH excluding ortho intramolecular Hbond substituents is 2. The van der Waals surface area contributed by atoms with Crippen LogP contribution < -0.4 is 11.5 Å². The van der Waals surface area contributed by atoms with Crippen molar-refractivity contribution in [1.82, 2.24) is 9.80 Å². The molecule has 0 spiro atoms. The van der Waals surface area contributed by atoms with Crippen LogP contribution >= 0.6 is 0 Å². The zero-order chi connectivity index (χ0) is 23.6. The first kappa shape index (κ1) is 23.4. The fourth-order valence-corrected chi connectivity index (χ4v) is 4.21. The normalized spacial score (nSPS) is 18.3. The van der Waals surface area contributed by atoms with Crippen LogP contribution in [0.2, 0.25) is 0 Å². The number of allylic oxidation sites excluding steroid dienone is 1. The van der Waals surface area contributed by atoms with Crippen molar-refractivity contribution in [3.8, 4) is 11.5 Å². The molecule has 32 heavy (non-hydrogen) atoms. The third kappa shape index (κ3) is 4.50. The first-order chi connectivity index (χ1) is 15.2. The van der Waals surface area contributed by atoms with Gasteiger partial charge in [-0.15, -0.1) is 0 Å². The van der Waals surface area contributed by atoms with Crippen LogP contribution in [-0.4, -0.2) is 51.0 Å². The van der Waals surface area contributed by atoms with E-state index < -0.39 is 6.03 Å². The molecule has 7 N–H and O–H groups in total. The maximum absolute atomic E-state index is 12.4. The Labute approximate surface area is 189 Å². The lowest BCUT2D eigenvalue weighted by Crippen LogP contribution is -2.41. The number of carbonyl (C=O) groups excluding carboxylic acids is 1. The molecular weight excluding hydrogens is 406 g/mol. The smallest absolute Gasteiger partial charge is 0.325 e. The average molecular weight is 440 g/mol. The first-order valence-corrected chi connectivity index (χ1v) is 11.0. The highest BCUT2D eigenvalue weighted by Crippen LogP contribution is 2.35. The van der Waals surface area contributed by atoms with Crippen molar-refractivity contribution < 1.29 is 15.0 Å². The third-order valence-electron chi connectivity index (χ3n) is 6.21. The van der Waals surface area contributed by atoms with Gasteiger partial charge in [0, 0.05) is 18.3 Å². The fraction of sp³-hybridized carbons (Fsp3) is 0.417. The Morgan fingerprint density at radius 2 is 2.03 bits per heavy atom. The highest BCUT2D eigenvalue weighted by molar-refractivity contribution is 6.09. The first-order valence-electron chi connectivity index (χ1n) is 11.0. The zero-order valence-electron chi connectivity index (χ0n) is 18.9. The molecule has 3 rings (SSSR count). The topological polar surface area (TPSA) is 140 Å². The number of nitrogens with one attached hydrogen (secondary N) is 1. The summed E-state index contributed by atoms with van der Waals surface area (Å²) in [4.78, 5) is 15.7. The minimum atomic E-state index is -0.817. The fourth-order valence-electron chi connectivity index (χ4n) is 4.21. The van der Waals surface area contributed by atoms with Gasteiger partial charge >= 0.3 is 6.03 Å². The molecule has 0 saturated heterocycles. The average Bonchev–Trinajstić information content (AvgIpc) is 3.13. The van der Waals surface area contributed by atoms with Gasteiger partial charge in [0.2, 0.25) is 0 Å². The highest BCUT2D eigenvalue weighted by Gasteiger charge is 2.31. The Hall–Kier alpha value is -3.26. The number of amidine groups is 1. The number of urea groups is 1. The second kappa shape index (κ2) is 9.48. The molecule has 1 aliphatic heterocycles. The predicted octanol–water partition coefficient (Wildman–Crippen LogP) is 3.32. The molecule has 0 fully saturated rings. The van der Waals surface area contributed by atoms with Crippen molar-refractivity contribution in [3.05, 3.63) is 59.0 Å². The Morgan fingerprint density at radius 1 is 1.31 bits per heavy atom. The number of nitrogens with two attached hydrogens (primary N) is 2. The molecule has 1 aromatic rings. The van der Waals surface area contributed by atoms with Crippen LogP contribution in [0.5, 0.6) is 11.5 Å².